The minimum absolute atomic E-state index is 0.0954. The number of ether oxygens (including phenoxy) is 1. The Labute approximate surface area is 172 Å². The number of anilines is 1. The molecule has 1 aliphatic heterocycles. The molecular weight excluding hydrogens is 376 g/mol. The zero-order valence-corrected chi connectivity index (χ0v) is 17.7. The monoisotopic (exact) mass is 404 g/mol. The molecule has 2 aromatic rings. The molecule has 0 spiro atoms. The average molecular weight is 405 g/mol. The Morgan fingerprint density at radius 1 is 1.14 bits per heavy atom. The third-order valence-electron chi connectivity index (χ3n) is 4.14. The van der Waals surface area contributed by atoms with Crippen LogP contribution in [-0.2, 0) is 17.8 Å². The third-order valence-corrected chi connectivity index (χ3v) is 4.30. The molecule has 0 aliphatic carbocycles. The maximum absolute atomic E-state index is 11.5. The first-order chi connectivity index (χ1) is 13.6. The van der Waals surface area contributed by atoms with Crippen LogP contribution in [-0.4, -0.2) is 54.5 Å². The van der Waals surface area contributed by atoms with Crippen molar-refractivity contribution in [3.63, 3.8) is 0 Å². The molecule has 1 aliphatic rings. The van der Waals surface area contributed by atoms with Crippen LogP contribution >= 0.6 is 11.6 Å². The second kappa shape index (κ2) is 11.7. The number of hydrogen-bond acceptors (Lipinski definition) is 6. The van der Waals surface area contributed by atoms with Crippen molar-refractivity contribution in [3.05, 3.63) is 52.4 Å². The summed E-state index contributed by atoms with van der Waals surface area (Å²) in [5, 5.41) is 0.0954. The molecule has 152 valence electrons. The van der Waals surface area contributed by atoms with Gasteiger partial charge in [-0.25, -0.2) is 9.97 Å². The zero-order valence-electron chi connectivity index (χ0n) is 16.9. The molecule has 1 fully saturated rings. The number of carbonyl (C=O) groups is 1. The quantitative estimate of drug-likeness (QED) is 0.538. The average Bonchev–Trinajstić information content (AvgIpc) is 2.71. The Morgan fingerprint density at radius 2 is 1.79 bits per heavy atom. The van der Waals surface area contributed by atoms with Crippen LogP contribution in [0, 0.1) is 0 Å². The van der Waals surface area contributed by atoms with Crippen molar-refractivity contribution >= 4 is 23.7 Å². The highest BCUT2D eigenvalue weighted by molar-refractivity contribution is 6.28. The summed E-state index contributed by atoms with van der Waals surface area (Å²) in [5.41, 5.74) is 2.36. The lowest BCUT2D eigenvalue weighted by molar-refractivity contribution is 0.111. The van der Waals surface area contributed by atoms with Crippen molar-refractivity contribution in [1.82, 2.24) is 14.9 Å². The summed E-state index contributed by atoms with van der Waals surface area (Å²) in [6.45, 7) is 8.30. The van der Waals surface area contributed by atoms with Crippen LogP contribution in [0.3, 0.4) is 0 Å². The number of carbonyl (C=O) groups excluding carboxylic acids is 1. The standard InChI is InChI=1S/C18H21ClN4O2.C3H8/c1-22(11-14-5-3-2-4-6-14)12-15-16(13-24)20-18(19)21-17(15)23-7-9-25-10-8-23;1-3-2/h2-6,13H,7-12H2,1H3;3H2,1-2H3. The van der Waals surface area contributed by atoms with Crippen molar-refractivity contribution in [2.24, 2.45) is 0 Å². The van der Waals surface area contributed by atoms with E-state index in [4.69, 9.17) is 16.3 Å². The van der Waals surface area contributed by atoms with E-state index >= 15 is 0 Å². The predicted molar refractivity (Wildman–Crippen MR) is 113 cm³/mol. The number of aromatic nitrogens is 2. The lowest BCUT2D eigenvalue weighted by atomic mass is 10.1. The number of morpholine rings is 1. The maximum Gasteiger partial charge on any atom is 0.225 e. The van der Waals surface area contributed by atoms with Gasteiger partial charge in [-0.3, -0.25) is 9.69 Å². The molecule has 1 aromatic carbocycles. The molecule has 6 nitrogen and oxygen atoms in total. The molecule has 7 heteroatoms. The molecule has 28 heavy (non-hydrogen) atoms. The van der Waals surface area contributed by atoms with E-state index in [1.807, 2.05) is 25.2 Å². The summed E-state index contributed by atoms with van der Waals surface area (Å²) in [7, 11) is 2.01. The lowest BCUT2D eigenvalue weighted by Gasteiger charge is -2.30. The van der Waals surface area contributed by atoms with Crippen LogP contribution in [0.2, 0.25) is 5.28 Å². The molecule has 1 aromatic heterocycles. The molecule has 3 rings (SSSR count). The van der Waals surface area contributed by atoms with Gasteiger partial charge in [0.1, 0.15) is 11.5 Å². The zero-order chi connectivity index (χ0) is 20.4. The minimum Gasteiger partial charge on any atom is -0.378 e. The number of halogens is 1. The van der Waals surface area contributed by atoms with E-state index in [1.54, 1.807) is 0 Å². The topological polar surface area (TPSA) is 58.6 Å². The number of hydrogen-bond donors (Lipinski definition) is 0. The number of rotatable bonds is 6. The fraction of sp³-hybridized carbons (Fsp3) is 0.476. The van der Waals surface area contributed by atoms with Crippen LogP contribution in [0.5, 0.6) is 0 Å². The van der Waals surface area contributed by atoms with Crippen LogP contribution < -0.4 is 4.90 Å². The Balaban J connectivity index is 0.000000878. The number of aldehydes is 1. The van der Waals surface area contributed by atoms with Gasteiger partial charge in [0, 0.05) is 31.7 Å². The molecule has 2 heterocycles. The van der Waals surface area contributed by atoms with E-state index in [1.165, 1.54) is 12.0 Å². The number of nitrogens with zero attached hydrogens (tertiary/aromatic N) is 4. The normalized spacial score (nSPS) is 13.8. The van der Waals surface area contributed by atoms with Crippen molar-refractivity contribution < 1.29 is 9.53 Å². The van der Waals surface area contributed by atoms with Crippen molar-refractivity contribution in [2.45, 2.75) is 33.4 Å². The van der Waals surface area contributed by atoms with Crippen LogP contribution in [0.15, 0.2) is 30.3 Å². The van der Waals surface area contributed by atoms with Crippen molar-refractivity contribution in [2.75, 3.05) is 38.3 Å². The van der Waals surface area contributed by atoms with E-state index in [2.05, 4.69) is 45.7 Å². The SMILES string of the molecule is CCC.CN(Cc1ccccc1)Cc1c(C=O)nc(Cl)nc1N1CCOCC1. The Morgan fingerprint density at radius 3 is 2.39 bits per heavy atom. The maximum atomic E-state index is 11.5. The first kappa shape index (κ1) is 22.3. The van der Waals surface area contributed by atoms with Gasteiger partial charge in [-0.1, -0.05) is 50.6 Å². The summed E-state index contributed by atoms with van der Waals surface area (Å²) in [6.07, 6.45) is 2.00. The van der Waals surface area contributed by atoms with Crippen molar-refractivity contribution in [1.29, 1.82) is 0 Å². The van der Waals surface area contributed by atoms with Gasteiger partial charge in [0.05, 0.1) is 13.2 Å². The first-order valence-electron chi connectivity index (χ1n) is 9.65. The summed E-state index contributed by atoms with van der Waals surface area (Å²) >= 11 is 6.03. The molecule has 1 saturated heterocycles. The molecular formula is C21H29ClN4O2. The van der Waals surface area contributed by atoms with E-state index in [0.29, 0.717) is 25.5 Å². The smallest absolute Gasteiger partial charge is 0.225 e. The van der Waals surface area contributed by atoms with E-state index < -0.39 is 0 Å². The minimum atomic E-state index is 0.0954. The lowest BCUT2D eigenvalue weighted by Crippen LogP contribution is -2.38. The summed E-state index contributed by atoms with van der Waals surface area (Å²) in [6, 6.07) is 10.2. The summed E-state index contributed by atoms with van der Waals surface area (Å²) in [5.74, 6) is 0.727. The largest absolute Gasteiger partial charge is 0.378 e. The van der Waals surface area contributed by atoms with Gasteiger partial charge < -0.3 is 9.64 Å². The first-order valence-corrected chi connectivity index (χ1v) is 10.0. The predicted octanol–water partition coefficient (Wildman–Crippen LogP) is 3.83. The molecule has 0 atom stereocenters. The van der Waals surface area contributed by atoms with Gasteiger partial charge >= 0.3 is 0 Å². The fourth-order valence-corrected chi connectivity index (χ4v) is 3.14. The number of benzene rings is 1. The second-order valence-electron chi connectivity index (χ2n) is 6.76. The highest BCUT2D eigenvalue weighted by Gasteiger charge is 2.22. The molecule has 0 radical (unpaired) electrons. The van der Waals surface area contributed by atoms with E-state index in [-0.39, 0.29) is 5.28 Å². The highest BCUT2D eigenvalue weighted by Crippen LogP contribution is 2.25. The summed E-state index contributed by atoms with van der Waals surface area (Å²) < 4.78 is 5.41. The second-order valence-corrected chi connectivity index (χ2v) is 7.10. The van der Waals surface area contributed by atoms with E-state index in [9.17, 15) is 4.79 Å². The molecule has 0 amide bonds. The molecule has 0 bridgehead atoms. The van der Waals surface area contributed by atoms with Gasteiger partial charge in [0.2, 0.25) is 5.28 Å². The van der Waals surface area contributed by atoms with Crippen molar-refractivity contribution in [3.8, 4) is 0 Å². The van der Waals surface area contributed by atoms with Gasteiger partial charge in [-0.05, 0) is 24.2 Å². The van der Waals surface area contributed by atoms with Gasteiger partial charge in [0.25, 0.3) is 0 Å². The molecule has 0 unspecified atom stereocenters. The molecule has 0 saturated carbocycles. The van der Waals surface area contributed by atoms with Crippen LogP contribution in [0.25, 0.3) is 0 Å². The summed E-state index contributed by atoms with van der Waals surface area (Å²) in [4.78, 5) is 24.3. The van der Waals surface area contributed by atoms with Crippen LogP contribution in [0.1, 0.15) is 41.9 Å². The van der Waals surface area contributed by atoms with Gasteiger partial charge in [-0.15, -0.1) is 0 Å². The van der Waals surface area contributed by atoms with E-state index in [0.717, 1.165) is 37.3 Å². The van der Waals surface area contributed by atoms with Gasteiger partial charge in [0.15, 0.2) is 6.29 Å². The Bertz CT molecular complexity index is 737. The van der Waals surface area contributed by atoms with Gasteiger partial charge in [-0.2, -0.15) is 0 Å². The highest BCUT2D eigenvalue weighted by atomic mass is 35.5. The molecule has 0 N–H and O–H groups in total. The Hall–Kier alpha value is -2.02. The third kappa shape index (κ3) is 6.55. The van der Waals surface area contributed by atoms with Crippen LogP contribution in [0.4, 0.5) is 5.82 Å². The Kier molecular flexibility index (Phi) is 9.34. The fourth-order valence-electron chi connectivity index (χ4n) is 2.97.